The number of H-pyrrole nitrogens is 1. The number of methoxy groups -OCH3 is 1. The minimum absolute atomic E-state index is 0.111. The first kappa shape index (κ1) is 19.8. The lowest BCUT2D eigenvalue weighted by molar-refractivity contribution is -0.115. The van der Waals surface area contributed by atoms with E-state index in [1.807, 2.05) is 43.5 Å². The van der Waals surface area contributed by atoms with Gasteiger partial charge in [-0.3, -0.25) is 4.79 Å². The van der Waals surface area contributed by atoms with Crippen LogP contribution < -0.4 is 5.32 Å². The van der Waals surface area contributed by atoms with Crippen molar-refractivity contribution in [1.29, 1.82) is 0 Å². The standard InChI is InChI=1S/C21H23N3O3S/c1-5-14-6-8-15(9-7-14)23-17(25)10-18-24-16(11-28-18)20-12(2)19(13(3)22-20)21(26)27-4/h6-9,11,22H,5,10H2,1-4H3,(H,23,25). The summed E-state index contributed by atoms with van der Waals surface area (Å²) >= 11 is 1.42. The molecule has 2 aromatic heterocycles. The molecule has 0 bridgehead atoms. The number of carbonyl (C=O) groups is 2. The van der Waals surface area contributed by atoms with Gasteiger partial charge in [-0.05, 0) is 43.5 Å². The Morgan fingerprint density at radius 3 is 2.57 bits per heavy atom. The molecule has 0 radical (unpaired) electrons. The Hall–Kier alpha value is -2.93. The van der Waals surface area contributed by atoms with Crippen molar-refractivity contribution in [3.05, 3.63) is 57.0 Å². The van der Waals surface area contributed by atoms with Crippen LogP contribution in [0, 0.1) is 13.8 Å². The van der Waals surface area contributed by atoms with Gasteiger partial charge < -0.3 is 15.0 Å². The SMILES string of the molecule is CCc1ccc(NC(=O)Cc2nc(-c3[nH]c(C)c(C(=O)OC)c3C)cs2)cc1. The molecule has 0 aliphatic rings. The number of aryl methyl sites for hydroxylation is 2. The Morgan fingerprint density at radius 1 is 1.21 bits per heavy atom. The number of nitrogens with one attached hydrogen (secondary N) is 2. The fourth-order valence-electron chi connectivity index (χ4n) is 3.09. The van der Waals surface area contributed by atoms with E-state index in [1.165, 1.54) is 24.0 Å². The molecule has 6 nitrogen and oxygen atoms in total. The van der Waals surface area contributed by atoms with Crippen molar-refractivity contribution in [2.24, 2.45) is 0 Å². The van der Waals surface area contributed by atoms with Gasteiger partial charge in [0.05, 0.1) is 30.5 Å². The zero-order chi connectivity index (χ0) is 20.3. The van der Waals surface area contributed by atoms with Crippen LogP contribution >= 0.6 is 11.3 Å². The summed E-state index contributed by atoms with van der Waals surface area (Å²) < 4.78 is 4.85. The maximum Gasteiger partial charge on any atom is 0.339 e. The second-order valence-electron chi connectivity index (χ2n) is 6.52. The van der Waals surface area contributed by atoms with Gasteiger partial charge in [-0.15, -0.1) is 11.3 Å². The van der Waals surface area contributed by atoms with E-state index in [-0.39, 0.29) is 18.3 Å². The summed E-state index contributed by atoms with van der Waals surface area (Å²) in [6, 6.07) is 7.82. The average Bonchev–Trinajstić information content (AvgIpc) is 3.25. The van der Waals surface area contributed by atoms with Crippen molar-refractivity contribution in [3.63, 3.8) is 0 Å². The van der Waals surface area contributed by atoms with Crippen molar-refractivity contribution in [2.75, 3.05) is 12.4 Å². The number of thiazole rings is 1. The molecule has 0 saturated heterocycles. The van der Waals surface area contributed by atoms with E-state index < -0.39 is 0 Å². The lowest BCUT2D eigenvalue weighted by atomic mass is 10.1. The van der Waals surface area contributed by atoms with Gasteiger partial charge in [0.15, 0.2) is 0 Å². The molecule has 0 fully saturated rings. The molecule has 2 heterocycles. The Labute approximate surface area is 168 Å². The van der Waals surface area contributed by atoms with Gasteiger partial charge in [0.2, 0.25) is 5.91 Å². The second kappa shape index (κ2) is 8.39. The molecule has 0 unspecified atom stereocenters. The van der Waals surface area contributed by atoms with Crippen molar-refractivity contribution in [3.8, 4) is 11.4 Å². The number of esters is 1. The highest BCUT2D eigenvalue weighted by Crippen LogP contribution is 2.29. The molecular formula is C21H23N3O3S. The number of rotatable bonds is 6. The Bertz CT molecular complexity index is 1000. The largest absolute Gasteiger partial charge is 0.465 e. The predicted molar refractivity (Wildman–Crippen MR) is 111 cm³/mol. The first-order chi connectivity index (χ1) is 13.4. The van der Waals surface area contributed by atoms with Crippen LogP contribution in [-0.4, -0.2) is 29.0 Å². The molecule has 0 aliphatic heterocycles. The van der Waals surface area contributed by atoms with Crippen molar-refractivity contribution >= 4 is 28.9 Å². The van der Waals surface area contributed by atoms with Gasteiger partial charge in [0.1, 0.15) is 5.01 Å². The summed E-state index contributed by atoms with van der Waals surface area (Å²) in [7, 11) is 1.36. The van der Waals surface area contributed by atoms with Gasteiger partial charge >= 0.3 is 5.97 Å². The predicted octanol–water partition coefficient (Wildman–Crippen LogP) is 4.29. The molecule has 7 heteroatoms. The monoisotopic (exact) mass is 397 g/mol. The number of aromatic amines is 1. The van der Waals surface area contributed by atoms with Crippen LogP contribution in [0.25, 0.3) is 11.4 Å². The first-order valence-electron chi connectivity index (χ1n) is 9.04. The Kier molecular flexibility index (Phi) is 5.94. The van der Waals surface area contributed by atoms with Crippen LogP contribution in [0.2, 0.25) is 0 Å². The maximum absolute atomic E-state index is 12.3. The van der Waals surface area contributed by atoms with Crippen LogP contribution in [0.5, 0.6) is 0 Å². The number of carbonyl (C=O) groups excluding carboxylic acids is 2. The third-order valence-corrected chi connectivity index (χ3v) is 5.44. The van der Waals surface area contributed by atoms with E-state index in [0.29, 0.717) is 10.6 Å². The molecule has 0 saturated carbocycles. The van der Waals surface area contributed by atoms with E-state index in [0.717, 1.165) is 34.8 Å². The van der Waals surface area contributed by atoms with Crippen LogP contribution in [0.1, 0.15) is 39.1 Å². The van der Waals surface area contributed by atoms with Crippen LogP contribution in [0.15, 0.2) is 29.6 Å². The average molecular weight is 398 g/mol. The summed E-state index contributed by atoms with van der Waals surface area (Å²) in [5, 5.41) is 5.50. The highest BCUT2D eigenvalue weighted by molar-refractivity contribution is 7.10. The van der Waals surface area contributed by atoms with Gasteiger partial charge in [0, 0.05) is 16.8 Å². The molecule has 3 aromatic rings. The fourth-order valence-corrected chi connectivity index (χ4v) is 3.87. The van der Waals surface area contributed by atoms with E-state index in [9.17, 15) is 9.59 Å². The Balaban J connectivity index is 1.72. The highest BCUT2D eigenvalue weighted by Gasteiger charge is 2.21. The number of benzene rings is 1. The number of nitrogens with zero attached hydrogens (tertiary/aromatic N) is 1. The minimum Gasteiger partial charge on any atom is -0.465 e. The molecule has 3 rings (SSSR count). The van der Waals surface area contributed by atoms with Crippen molar-refractivity contribution < 1.29 is 14.3 Å². The van der Waals surface area contributed by atoms with Crippen LogP contribution in [0.4, 0.5) is 5.69 Å². The molecule has 0 aliphatic carbocycles. The molecule has 1 aromatic carbocycles. The summed E-state index contributed by atoms with van der Waals surface area (Å²) in [5.41, 5.74) is 5.55. The summed E-state index contributed by atoms with van der Waals surface area (Å²) in [5.74, 6) is -0.485. The molecule has 2 N–H and O–H groups in total. The molecular weight excluding hydrogens is 374 g/mol. The van der Waals surface area contributed by atoms with Gasteiger partial charge in [-0.1, -0.05) is 19.1 Å². The highest BCUT2D eigenvalue weighted by atomic mass is 32.1. The number of aromatic nitrogens is 2. The minimum atomic E-state index is -0.374. The van der Waals surface area contributed by atoms with Crippen LogP contribution in [0.3, 0.4) is 0 Å². The van der Waals surface area contributed by atoms with E-state index >= 15 is 0 Å². The van der Waals surface area contributed by atoms with Gasteiger partial charge in [-0.2, -0.15) is 0 Å². The lowest BCUT2D eigenvalue weighted by Crippen LogP contribution is -2.14. The van der Waals surface area contributed by atoms with Crippen molar-refractivity contribution in [2.45, 2.75) is 33.6 Å². The summed E-state index contributed by atoms with van der Waals surface area (Å²) in [4.78, 5) is 32.0. The van der Waals surface area contributed by atoms with E-state index in [1.54, 1.807) is 0 Å². The first-order valence-corrected chi connectivity index (χ1v) is 9.92. The van der Waals surface area contributed by atoms with Gasteiger partial charge in [-0.25, -0.2) is 9.78 Å². The second-order valence-corrected chi connectivity index (χ2v) is 7.46. The zero-order valence-corrected chi connectivity index (χ0v) is 17.2. The quantitative estimate of drug-likeness (QED) is 0.608. The van der Waals surface area contributed by atoms with Crippen LogP contribution in [-0.2, 0) is 22.4 Å². The van der Waals surface area contributed by atoms with E-state index in [2.05, 4.69) is 22.2 Å². The Morgan fingerprint density at radius 2 is 1.93 bits per heavy atom. The molecule has 146 valence electrons. The number of hydrogen-bond acceptors (Lipinski definition) is 5. The van der Waals surface area contributed by atoms with Gasteiger partial charge in [0.25, 0.3) is 0 Å². The molecule has 0 spiro atoms. The third kappa shape index (κ3) is 4.14. The third-order valence-electron chi connectivity index (χ3n) is 4.59. The molecule has 28 heavy (non-hydrogen) atoms. The smallest absolute Gasteiger partial charge is 0.339 e. The normalized spacial score (nSPS) is 10.7. The van der Waals surface area contributed by atoms with Crippen molar-refractivity contribution in [1.82, 2.24) is 9.97 Å². The molecule has 1 amide bonds. The topological polar surface area (TPSA) is 84.1 Å². The lowest BCUT2D eigenvalue weighted by Gasteiger charge is -2.04. The molecule has 0 atom stereocenters. The zero-order valence-electron chi connectivity index (χ0n) is 16.4. The maximum atomic E-state index is 12.3. The number of hydrogen-bond donors (Lipinski definition) is 2. The fraction of sp³-hybridized carbons (Fsp3) is 0.286. The number of anilines is 1. The number of ether oxygens (including phenoxy) is 1. The number of amides is 1. The van der Waals surface area contributed by atoms with E-state index in [4.69, 9.17) is 4.74 Å². The summed E-state index contributed by atoms with van der Waals surface area (Å²) in [6.45, 7) is 5.78. The summed E-state index contributed by atoms with van der Waals surface area (Å²) in [6.07, 6.45) is 1.16.